The minimum absolute atomic E-state index is 0.269. The van der Waals surface area contributed by atoms with E-state index in [1.54, 1.807) is 13.8 Å². The summed E-state index contributed by atoms with van der Waals surface area (Å²) in [4.78, 5) is 22.9. The van der Waals surface area contributed by atoms with Gasteiger partial charge in [0.2, 0.25) is 0 Å². The van der Waals surface area contributed by atoms with Crippen molar-refractivity contribution >= 4 is 11.9 Å². The van der Waals surface area contributed by atoms with Gasteiger partial charge in [-0.15, -0.1) is 0 Å². The Kier molecular flexibility index (Phi) is 9.72. The van der Waals surface area contributed by atoms with Crippen LogP contribution in [0.2, 0.25) is 0 Å². The fraction of sp³-hybridized carbons (Fsp3) is 0.857. The van der Waals surface area contributed by atoms with Gasteiger partial charge in [-0.1, -0.05) is 0 Å². The molecular weight excluding hydrogens is 296 g/mol. The van der Waals surface area contributed by atoms with E-state index in [2.05, 4.69) is 0 Å². The summed E-state index contributed by atoms with van der Waals surface area (Å²) in [7, 11) is 0. The summed E-state index contributed by atoms with van der Waals surface area (Å²) in [5.41, 5.74) is 0. The van der Waals surface area contributed by atoms with Crippen LogP contribution < -0.4 is 0 Å². The minimum Gasteiger partial charge on any atom is -0.459 e. The van der Waals surface area contributed by atoms with Crippen molar-refractivity contribution in [2.45, 2.75) is 26.1 Å². The number of esters is 2. The van der Waals surface area contributed by atoms with E-state index >= 15 is 0 Å². The molecule has 128 valence electrons. The highest BCUT2D eigenvalue weighted by molar-refractivity contribution is 5.73. The number of hydrogen-bond donors (Lipinski definition) is 0. The van der Waals surface area contributed by atoms with Gasteiger partial charge in [0.1, 0.15) is 25.4 Å². The highest BCUT2D eigenvalue weighted by atomic mass is 16.6. The molecule has 2 unspecified atom stereocenters. The molecule has 0 amide bonds. The van der Waals surface area contributed by atoms with Gasteiger partial charge in [-0.25, -0.2) is 9.59 Å². The Labute approximate surface area is 129 Å². The first-order chi connectivity index (χ1) is 10.6. The van der Waals surface area contributed by atoms with Crippen LogP contribution in [0.15, 0.2) is 0 Å². The lowest BCUT2D eigenvalue weighted by atomic mass is 10.4. The maximum Gasteiger partial charge on any atom is 0.332 e. The molecule has 0 radical (unpaired) electrons. The minimum atomic E-state index is -0.558. The molecule has 1 fully saturated rings. The van der Waals surface area contributed by atoms with Gasteiger partial charge in [-0.2, -0.15) is 0 Å². The van der Waals surface area contributed by atoms with E-state index in [1.807, 2.05) is 0 Å². The van der Waals surface area contributed by atoms with Crippen LogP contribution in [0.25, 0.3) is 0 Å². The lowest BCUT2D eigenvalue weighted by molar-refractivity contribution is -0.163. The molecule has 0 aliphatic carbocycles. The van der Waals surface area contributed by atoms with E-state index < -0.39 is 24.1 Å². The van der Waals surface area contributed by atoms with Crippen LogP contribution in [0, 0.1) is 0 Å². The summed E-state index contributed by atoms with van der Waals surface area (Å²) in [5.74, 6) is -1.12. The standard InChI is InChI=1S/C14H24O8/c1-11-7-18-5-3-17-4-6-19-8-12(2)22-14(16)10-20-9-13(15)21-11/h11-12H,3-10H2,1-2H3. The number of rotatable bonds is 0. The van der Waals surface area contributed by atoms with E-state index in [0.29, 0.717) is 26.4 Å². The first-order valence-corrected chi connectivity index (χ1v) is 7.28. The van der Waals surface area contributed by atoms with Crippen LogP contribution in [0.5, 0.6) is 0 Å². The molecule has 1 aliphatic rings. The zero-order valence-corrected chi connectivity index (χ0v) is 13.1. The van der Waals surface area contributed by atoms with Crippen molar-refractivity contribution in [2.75, 3.05) is 52.9 Å². The van der Waals surface area contributed by atoms with E-state index in [-0.39, 0.29) is 26.4 Å². The summed E-state index contributed by atoms with van der Waals surface area (Å²) >= 11 is 0. The van der Waals surface area contributed by atoms with Crippen LogP contribution in [0.4, 0.5) is 0 Å². The van der Waals surface area contributed by atoms with Gasteiger partial charge in [-0.05, 0) is 13.8 Å². The van der Waals surface area contributed by atoms with Gasteiger partial charge < -0.3 is 28.4 Å². The molecule has 22 heavy (non-hydrogen) atoms. The third-order valence-electron chi connectivity index (χ3n) is 2.55. The second kappa shape index (κ2) is 11.4. The highest BCUT2D eigenvalue weighted by Gasteiger charge is 2.13. The van der Waals surface area contributed by atoms with E-state index in [0.717, 1.165) is 0 Å². The maximum absolute atomic E-state index is 11.5. The van der Waals surface area contributed by atoms with E-state index in [9.17, 15) is 9.59 Å². The number of ether oxygens (including phenoxy) is 6. The summed E-state index contributed by atoms with van der Waals surface area (Å²) in [5, 5.41) is 0. The van der Waals surface area contributed by atoms with E-state index in [1.165, 1.54) is 0 Å². The molecule has 2 atom stereocenters. The fourth-order valence-corrected chi connectivity index (χ4v) is 1.64. The Balaban J connectivity index is 2.36. The largest absolute Gasteiger partial charge is 0.459 e. The van der Waals surface area contributed by atoms with Crippen molar-refractivity contribution in [3.8, 4) is 0 Å². The second-order valence-electron chi connectivity index (χ2n) is 4.86. The number of carbonyl (C=O) groups excluding carboxylic acids is 2. The van der Waals surface area contributed by atoms with Crippen molar-refractivity contribution in [1.82, 2.24) is 0 Å². The molecule has 1 aliphatic heterocycles. The average Bonchev–Trinajstić information content (AvgIpc) is 2.44. The lowest BCUT2D eigenvalue weighted by Gasteiger charge is -2.16. The summed E-state index contributed by atoms with van der Waals surface area (Å²) in [6.07, 6.45) is -0.796. The Morgan fingerprint density at radius 2 is 1.09 bits per heavy atom. The van der Waals surface area contributed by atoms with Crippen molar-refractivity contribution in [3.63, 3.8) is 0 Å². The molecule has 8 nitrogen and oxygen atoms in total. The third kappa shape index (κ3) is 9.67. The molecule has 0 bridgehead atoms. The molecule has 0 aromatic rings. The van der Waals surface area contributed by atoms with E-state index in [4.69, 9.17) is 28.4 Å². The Morgan fingerprint density at radius 1 is 0.682 bits per heavy atom. The molecule has 1 heterocycles. The highest BCUT2D eigenvalue weighted by Crippen LogP contribution is 1.97. The Bertz CT molecular complexity index is 303. The maximum atomic E-state index is 11.5. The molecule has 0 aromatic heterocycles. The molecule has 1 rings (SSSR count). The van der Waals surface area contributed by atoms with Gasteiger partial charge in [0, 0.05) is 0 Å². The molecule has 0 N–H and O–H groups in total. The van der Waals surface area contributed by atoms with Crippen LogP contribution >= 0.6 is 0 Å². The predicted molar refractivity (Wildman–Crippen MR) is 74.4 cm³/mol. The molecular formula is C14H24O8. The Hall–Kier alpha value is -1.22. The SMILES string of the molecule is CC1COCCOCCOCC(C)OC(=O)COCC(=O)O1. The number of carbonyl (C=O) groups is 2. The topological polar surface area (TPSA) is 89.5 Å². The molecule has 0 saturated carbocycles. The average molecular weight is 320 g/mol. The van der Waals surface area contributed by atoms with Gasteiger partial charge >= 0.3 is 11.9 Å². The van der Waals surface area contributed by atoms with Crippen LogP contribution in [0.1, 0.15) is 13.8 Å². The van der Waals surface area contributed by atoms with Gasteiger partial charge in [0.15, 0.2) is 0 Å². The fourth-order valence-electron chi connectivity index (χ4n) is 1.64. The summed E-state index contributed by atoms with van der Waals surface area (Å²) in [6, 6.07) is 0. The zero-order valence-electron chi connectivity index (χ0n) is 13.1. The molecule has 8 heteroatoms. The molecule has 1 saturated heterocycles. The van der Waals surface area contributed by atoms with Crippen LogP contribution in [0.3, 0.4) is 0 Å². The van der Waals surface area contributed by atoms with Crippen LogP contribution in [-0.2, 0) is 38.0 Å². The van der Waals surface area contributed by atoms with Crippen molar-refractivity contribution in [3.05, 3.63) is 0 Å². The van der Waals surface area contributed by atoms with Gasteiger partial charge in [0.05, 0.1) is 39.6 Å². The van der Waals surface area contributed by atoms with Crippen LogP contribution in [-0.4, -0.2) is 77.0 Å². The first kappa shape index (κ1) is 18.8. The monoisotopic (exact) mass is 320 g/mol. The summed E-state index contributed by atoms with van der Waals surface area (Å²) < 4.78 is 31.0. The lowest BCUT2D eigenvalue weighted by Crippen LogP contribution is -2.27. The quantitative estimate of drug-likeness (QED) is 0.573. The molecule has 0 aromatic carbocycles. The predicted octanol–water partition coefficient (Wildman–Crippen LogP) is -0.0702. The number of cyclic esters (lactones) is 2. The summed E-state index contributed by atoms with van der Waals surface area (Å²) in [6.45, 7) is 5.01. The normalized spacial score (nSPS) is 28.1. The zero-order chi connectivity index (χ0) is 16.2. The van der Waals surface area contributed by atoms with Crippen molar-refractivity contribution in [2.24, 2.45) is 0 Å². The van der Waals surface area contributed by atoms with Gasteiger partial charge in [0.25, 0.3) is 0 Å². The van der Waals surface area contributed by atoms with Crippen molar-refractivity contribution in [1.29, 1.82) is 0 Å². The smallest absolute Gasteiger partial charge is 0.332 e. The molecule has 0 spiro atoms. The third-order valence-corrected chi connectivity index (χ3v) is 2.55. The first-order valence-electron chi connectivity index (χ1n) is 7.28. The van der Waals surface area contributed by atoms with Gasteiger partial charge in [-0.3, -0.25) is 0 Å². The number of hydrogen-bond acceptors (Lipinski definition) is 8. The second-order valence-corrected chi connectivity index (χ2v) is 4.86. The Morgan fingerprint density at radius 3 is 1.55 bits per heavy atom. The van der Waals surface area contributed by atoms with Crippen molar-refractivity contribution < 1.29 is 38.0 Å².